The molecule has 2 aromatic heterocycles. The lowest BCUT2D eigenvalue weighted by Gasteiger charge is -2.32. The summed E-state index contributed by atoms with van der Waals surface area (Å²) in [6.45, 7) is 7.12. The predicted molar refractivity (Wildman–Crippen MR) is 160 cm³/mol. The Labute approximate surface area is 247 Å². The van der Waals surface area contributed by atoms with E-state index >= 15 is 0 Å². The fourth-order valence-electron chi connectivity index (χ4n) is 7.02. The fraction of sp³-hybridized carbons (Fsp3) is 0.636. The average molecular weight is 581 g/mol. The van der Waals surface area contributed by atoms with E-state index in [1.54, 1.807) is 10.6 Å². The van der Waals surface area contributed by atoms with Crippen molar-refractivity contribution in [2.75, 3.05) is 19.6 Å². The van der Waals surface area contributed by atoms with E-state index in [0.717, 1.165) is 86.3 Å². The van der Waals surface area contributed by atoms with Crippen molar-refractivity contribution >= 4 is 16.9 Å². The number of halogens is 1. The van der Waals surface area contributed by atoms with Crippen LogP contribution in [0.25, 0.3) is 11.0 Å². The maximum absolute atomic E-state index is 13.7. The van der Waals surface area contributed by atoms with Gasteiger partial charge in [-0.3, -0.25) is 14.2 Å². The number of likely N-dealkylation sites (tertiary alicyclic amines) is 1. The Kier molecular flexibility index (Phi) is 10.1. The summed E-state index contributed by atoms with van der Waals surface area (Å²) in [5.41, 5.74) is 2.93. The molecule has 0 saturated carbocycles. The van der Waals surface area contributed by atoms with Gasteiger partial charge in [0.2, 0.25) is 0 Å². The van der Waals surface area contributed by atoms with Crippen molar-refractivity contribution in [2.45, 2.75) is 103 Å². The predicted octanol–water partition coefficient (Wildman–Crippen LogP) is 6.27. The van der Waals surface area contributed by atoms with E-state index in [1.807, 2.05) is 6.92 Å². The lowest BCUT2D eigenvalue weighted by atomic mass is 9.82. The molecule has 0 amide bonds. The molecule has 1 N–H and O–H groups in total. The highest BCUT2D eigenvalue weighted by atomic mass is 19.1. The number of aromatic nitrogens is 3. The zero-order valence-electron chi connectivity index (χ0n) is 25.1. The van der Waals surface area contributed by atoms with Crippen LogP contribution in [0.2, 0.25) is 0 Å². The SMILES string of the molecule is CCCCCCCCC(C(=O)O)C1CCc2nc(C)c(CCN3CCC(c4noc5cc(F)ccc45)CC3)c(=O)n2C1. The second-order valence-electron chi connectivity index (χ2n) is 12.4. The number of benzene rings is 1. The standard InChI is InChI=1S/C33H45FN4O4/c1-3-4-5-6-7-8-9-27(33(40)41)24-10-13-30-35-22(2)26(32(39)38(30)21-24)16-19-37-17-14-23(15-18-37)31-28-12-11-25(34)20-29(28)42-36-31/h11-12,20,23-24,27H,3-10,13-19,21H2,1-2H3,(H,40,41). The fourth-order valence-corrected chi connectivity index (χ4v) is 7.02. The van der Waals surface area contributed by atoms with Crippen molar-refractivity contribution in [3.8, 4) is 0 Å². The molecule has 228 valence electrons. The van der Waals surface area contributed by atoms with E-state index in [9.17, 15) is 19.1 Å². The number of aliphatic carboxylic acids is 1. The molecule has 0 bridgehead atoms. The van der Waals surface area contributed by atoms with Gasteiger partial charge in [-0.25, -0.2) is 9.37 Å². The Bertz CT molecular complexity index is 1430. The highest BCUT2D eigenvalue weighted by Crippen LogP contribution is 2.33. The van der Waals surface area contributed by atoms with E-state index in [0.29, 0.717) is 31.4 Å². The Balaban J connectivity index is 1.18. The van der Waals surface area contributed by atoms with Gasteiger partial charge in [-0.05, 0) is 70.2 Å². The van der Waals surface area contributed by atoms with Gasteiger partial charge in [-0.2, -0.15) is 0 Å². The van der Waals surface area contributed by atoms with Gasteiger partial charge in [0.25, 0.3) is 5.56 Å². The number of hydrogen-bond acceptors (Lipinski definition) is 6. The van der Waals surface area contributed by atoms with Crippen molar-refractivity contribution in [3.05, 3.63) is 57.1 Å². The van der Waals surface area contributed by atoms with E-state index < -0.39 is 11.9 Å². The molecule has 1 fully saturated rings. The molecule has 0 radical (unpaired) electrons. The number of piperidine rings is 1. The highest BCUT2D eigenvalue weighted by molar-refractivity contribution is 5.79. The van der Waals surface area contributed by atoms with Crippen molar-refractivity contribution in [2.24, 2.45) is 11.8 Å². The molecule has 2 atom stereocenters. The van der Waals surface area contributed by atoms with Crippen LogP contribution in [0.5, 0.6) is 0 Å². The normalized spacial score (nSPS) is 18.8. The number of aryl methyl sites for hydroxylation is 2. The molecule has 42 heavy (non-hydrogen) atoms. The van der Waals surface area contributed by atoms with Gasteiger partial charge in [-0.15, -0.1) is 0 Å². The topological polar surface area (TPSA) is 101 Å². The van der Waals surface area contributed by atoms with Crippen LogP contribution in [0.4, 0.5) is 4.39 Å². The maximum atomic E-state index is 13.7. The van der Waals surface area contributed by atoms with Crippen LogP contribution in [0.3, 0.4) is 0 Å². The summed E-state index contributed by atoms with van der Waals surface area (Å²) in [4.78, 5) is 33.1. The third kappa shape index (κ3) is 6.93. The van der Waals surface area contributed by atoms with E-state index in [2.05, 4.69) is 17.0 Å². The second-order valence-corrected chi connectivity index (χ2v) is 12.4. The molecule has 1 saturated heterocycles. The van der Waals surface area contributed by atoms with E-state index in [4.69, 9.17) is 9.51 Å². The lowest BCUT2D eigenvalue weighted by Crippen LogP contribution is -2.40. The maximum Gasteiger partial charge on any atom is 0.306 e. The summed E-state index contributed by atoms with van der Waals surface area (Å²) in [6, 6.07) is 4.58. The zero-order valence-corrected chi connectivity index (χ0v) is 25.1. The van der Waals surface area contributed by atoms with E-state index in [-0.39, 0.29) is 23.2 Å². The number of carbonyl (C=O) groups is 1. The molecule has 0 aliphatic carbocycles. The largest absolute Gasteiger partial charge is 0.481 e. The lowest BCUT2D eigenvalue weighted by molar-refractivity contribution is -0.144. The number of fused-ring (bicyclic) bond motifs is 2. The van der Waals surface area contributed by atoms with Crippen LogP contribution in [-0.2, 0) is 24.2 Å². The van der Waals surface area contributed by atoms with Gasteiger partial charge < -0.3 is 14.5 Å². The minimum absolute atomic E-state index is 0.00193. The van der Waals surface area contributed by atoms with Crippen LogP contribution in [0, 0.1) is 24.6 Å². The first-order chi connectivity index (χ1) is 20.4. The Morgan fingerprint density at radius 2 is 1.90 bits per heavy atom. The molecular weight excluding hydrogens is 535 g/mol. The summed E-state index contributed by atoms with van der Waals surface area (Å²) >= 11 is 0. The van der Waals surface area contributed by atoms with Crippen LogP contribution >= 0.6 is 0 Å². The first-order valence-corrected chi connectivity index (χ1v) is 15.9. The summed E-state index contributed by atoms with van der Waals surface area (Å²) in [7, 11) is 0. The number of rotatable bonds is 13. The molecule has 2 aliphatic heterocycles. The van der Waals surface area contributed by atoms with Crippen molar-refractivity contribution in [1.29, 1.82) is 0 Å². The highest BCUT2D eigenvalue weighted by Gasteiger charge is 2.33. The van der Waals surface area contributed by atoms with E-state index in [1.165, 1.54) is 31.4 Å². The third-order valence-electron chi connectivity index (χ3n) is 9.57. The van der Waals surface area contributed by atoms with Crippen molar-refractivity contribution in [3.63, 3.8) is 0 Å². The summed E-state index contributed by atoms with van der Waals surface area (Å²) in [5.74, 6) is -0.456. The van der Waals surface area contributed by atoms with Gasteiger partial charge in [0.15, 0.2) is 5.58 Å². The van der Waals surface area contributed by atoms with Gasteiger partial charge in [0, 0.05) is 48.1 Å². The number of nitrogens with zero attached hydrogens (tertiary/aromatic N) is 4. The average Bonchev–Trinajstić information content (AvgIpc) is 3.40. The zero-order chi connectivity index (χ0) is 29.6. The van der Waals surface area contributed by atoms with Crippen molar-refractivity contribution in [1.82, 2.24) is 19.6 Å². The van der Waals surface area contributed by atoms with Gasteiger partial charge in [0.1, 0.15) is 11.6 Å². The quantitative estimate of drug-likeness (QED) is 0.238. The minimum Gasteiger partial charge on any atom is -0.481 e. The monoisotopic (exact) mass is 580 g/mol. The number of unbranched alkanes of at least 4 members (excludes halogenated alkanes) is 5. The Hall–Kier alpha value is -3.07. The Morgan fingerprint density at radius 1 is 1.14 bits per heavy atom. The third-order valence-corrected chi connectivity index (χ3v) is 9.57. The second kappa shape index (κ2) is 13.9. The molecule has 5 rings (SSSR count). The molecule has 4 heterocycles. The van der Waals surface area contributed by atoms with Crippen LogP contribution in [-0.4, -0.2) is 50.3 Å². The molecule has 8 nitrogen and oxygen atoms in total. The first-order valence-electron chi connectivity index (χ1n) is 15.9. The molecule has 3 aromatic rings. The Morgan fingerprint density at radius 3 is 2.67 bits per heavy atom. The molecular formula is C33H45FN4O4. The molecule has 2 aliphatic rings. The van der Waals surface area contributed by atoms with Crippen LogP contribution in [0.1, 0.15) is 99.8 Å². The minimum atomic E-state index is -0.737. The smallest absolute Gasteiger partial charge is 0.306 e. The van der Waals surface area contributed by atoms with Crippen LogP contribution in [0.15, 0.2) is 27.5 Å². The molecule has 0 spiro atoms. The van der Waals surface area contributed by atoms with Crippen LogP contribution < -0.4 is 5.56 Å². The number of hydrogen-bond donors (Lipinski definition) is 1. The van der Waals surface area contributed by atoms with Gasteiger partial charge >= 0.3 is 5.97 Å². The number of carboxylic acids is 1. The molecule has 9 heteroatoms. The summed E-state index contributed by atoms with van der Waals surface area (Å²) < 4.78 is 20.7. The van der Waals surface area contributed by atoms with Crippen molar-refractivity contribution < 1.29 is 18.8 Å². The molecule has 2 unspecified atom stereocenters. The first kappa shape index (κ1) is 30.4. The molecule has 1 aromatic carbocycles. The summed E-state index contributed by atoms with van der Waals surface area (Å²) in [6.07, 6.45) is 11.4. The van der Waals surface area contributed by atoms with Gasteiger partial charge in [0.05, 0.1) is 11.6 Å². The van der Waals surface area contributed by atoms with Gasteiger partial charge in [-0.1, -0.05) is 50.6 Å². The number of carboxylic acid groups (broad SMARTS) is 1. The summed E-state index contributed by atoms with van der Waals surface area (Å²) in [5, 5.41) is 15.2.